The number of ether oxygens (including phenoxy) is 2. The van der Waals surface area contributed by atoms with Crippen LogP contribution in [0.3, 0.4) is 0 Å². The SMILES string of the molecule is COc1cccc([C@@H]2Sc3ccccc3NC3=C2C(=O)CC(C)(C)C3)c1OC. The molecule has 2 aromatic carbocycles. The molecule has 2 aliphatic rings. The van der Waals surface area contributed by atoms with Crippen molar-refractivity contribution in [1.29, 1.82) is 0 Å². The van der Waals surface area contributed by atoms with E-state index in [4.69, 9.17) is 9.47 Å². The topological polar surface area (TPSA) is 47.6 Å². The fraction of sp³-hybridized carbons (Fsp3) is 0.348. The van der Waals surface area contributed by atoms with Crippen molar-refractivity contribution < 1.29 is 14.3 Å². The first-order chi connectivity index (χ1) is 13.4. The highest BCUT2D eigenvalue weighted by Gasteiger charge is 2.40. The highest BCUT2D eigenvalue weighted by atomic mass is 32.2. The Kier molecular flexibility index (Phi) is 4.88. The fourth-order valence-corrected chi connectivity index (χ4v) is 5.47. The minimum Gasteiger partial charge on any atom is -0.493 e. The molecule has 4 rings (SSSR count). The van der Waals surface area contributed by atoms with E-state index in [1.165, 1.54) is 0 Å². The summed E-state index contributed by atoms with van der Waals surface area (Å²) in [6.45, 7) is 4.31. The summed E-state index contributed by atoms with van der Waals surface area (Å²) in [4.78, 5) is 14.4. The highest BCUT2D eigenvalue weighted by molar-refractivity contribution is 8.00. The largest absolute Gasteiger partial charge is 0.493 e. The summed E-state index contributed by atoms with van der Waals surface area (Å²) < 4.78 is 11.2. The highest BCUT2D eigenvalue weighted by Crippen LogP contribution is 2.54. The van der Waals surface area contributed by atoms with Gasteiger partial charge in [-0.05, 0) is 30.0 Å². The maximum atomic E-state index is 13.3. The zero-order valence-electron chi connectivity index (χ0n) is 16.7. The molecule has 0 amide bonds. The maximum absolute atomic E-state index is 13.3. The molecule has 0 unspecified atom stereocenters. The van der Waals surface area contributed by atoms with Crippen molar-refractivity contribution in [2.24, 2.45) is 5.41 Å². The van der Waals surface area contributed by atoms with Gasteiger partial charge in [0.2, 0.25) is 0 Å². The predicted octanol–water partition coefficient (Wildman–Crippen LogP) is 5.61. The Morgan fingerprint density at radius 1 is 1.04 bits per heavy atom. The first-order valence-electron chi connectivity index (χ1n) is 9.43. The molecule has 0 radical (unpaired) electrons. The number of hydrogen-bond donors (Lipinski definition) is 1. The quantitative estimate of drug-likeness (QED) is 0.732. The zero-order chi connectivity index (χ0) is 19.9. The zero-order valence-corrected chi connectivity index (χ0v) is 17.5. The number of Topliss-reactive ketones (excluding diaryl/α,β-unsaturated/α-hetero) is 1. The molecule has 0 saturated carbocycles. The number of hydrogen-bond acceptors (Lipinski definition) is 5. The number of carbonyl (C=O) groups excluding carboxylic acids is 1. The van der Waals surface area contributed by atoms with Crippen molar-refractivity contribution in [2.75, 3.05) is 19.5 Å². The summed E-state index contributed by atoms with van der Waals surface area (Å²) in [5.41, 5.74) is 3.83. The Morgan fingerprint density at radius 2 is 1.82 bits per heavy atom. The van der Waals surface area contributed by atoms with Crippen LogP contribution in [0.15, 0.2) is 58.6 Å². The molecule has 0 fully saturated rings. The average molecular weight is 396 g/mol. The van der Waals surface area contributed by atoms with E-state index in [0.29, 0.717) is 17.9 Å². The number of allylic oxidation sites excluding steroid dienone is 1. The summed E-state index contributed by atoms with van der Waals surface area (Å²) >= 11 is 1.69. The standard InChI is InChI=1S/C23H25NO3S/c1-23(2)12-16-20(17(25)13-23)22(28-19-11-6-5-9-15(19)24-16)14-8-7-10-18(26-3)21(14)27-4/h5-11,22,24H,12-13H2,1-4H3/t22-/m0/s1. The molecule has 1 heterocycles. The number of rotatable bonds is 3. The number of para-hydroxylation sites is 2. The van der Waals surface area contributed by atoms with E-state index in [2.05, 4.69) is 31.3 Å². The van der Waals surface area contributed by atoms with Crippen LogP contribution in [0.1, 0.15) is 37.5 Å². The van der Waals surface area contributed by atoms with Crippen molar-refractivity contribution in [2.45, 2.75) is 36.8 Å². The van der Waals surface area contributed by atoms with Gasteiger partial charge in [-0.1, -0.05) is 38.1 Å². The molecule has 0 spiro atoms. The molecule has 4 nitrogen and oxygen atoms in total. The molecule has 1 atom stereocenters. The smallest absolute Gasteiger partial charge is 0.165 e. The van der Waals surface area contributed by atoms with Gasteiger partial charge in [0.05, 0.1) is 25.2 Å². The van der Waals surface area contributed by atoms with Crippen LogP contribution in [-0.4, -0.2) is 20.0 Å². The van der Waals surface area contributed by atoms with Crippen LogP contribution < -0.4 is 14.8 Å². The number of benzene rings is 2. The Morgan fingerprint density at radius 3 is 2.57 bits per heavy atom. The second kappa shape index (κ2) is 7.21. The first kappa shape index (κ1) is 18.9. The molecule has 1 N–H and O–H groups in total. The van der Waals surface area contributed by atoms with Crippen LogP contribution in [0.25, 0.3) is 0 Å². The van der Waals surface area contributed by atoms with Crippen molar-refractivity contribution in [3.8, 4) is 11.5 Å². The molecule has 1 aliphatic heterocycles. The summed E-state index contributed by atoms with van der Waals surface area (Å²) in [6.07, 6.45) is 1.39. The van der Waals surface area contributed by atoms with Crippen LogP contribution in [-0.2, 0) is 4.79 Å². The van der Waals surface area contributed by atoms with E-state index in [1.807, 2.05) is 30.3 Å². The third kappa shape index (κ3) is 3.28. The molecule has 0 bridgehead atoms. The molecule has 0 aromatic heterocycles. The van der Waals surface area contributed by atoms with Gasteiger partial charge >= 0.3 is 0 Å². The second-order valence-electron chi connectivity index (χ2n) is 8.03. The lowest BCUT2D eigenvalue weighted by molar-refractivity contribution is -0.118. The molecule has 2 aromatic rings. The van der Waals surface area contributed by atoms with Crippen LogP contribution in [0.2, 0.25) is 0 Å². The number of fused-ring (bicyclic) bond motifs is 1. The number of ketones is 1. The number of carbonyl (C=O) groups is 1. The second-order valence-corrected chi connectivity index (χ2v) is 9.18. The molecule has 0 saturated heterocycles. The van der Waals surface area contributed by atoms with Gasteiger partial charge < -0.3 is 14.8 Å². The van der Waals surface area contributed by atoms with E-state index in [9.17, 15) is 4.79 Å². The van der Waals surface area contributed by atoms with Gasteiger partial charge in [0.25, 0.3) is 0 Å². The lowest BCUT2D eigenvalue weighted by Gasteiger charge is -2.34. The predicted molar refractivity (Wildman–Crippen MR) is 113 cm³/mol. The molecule has 28 heavy (non-hydrogen) atoms. The van der Waals surface area contributed by atoms with Gasteiger partial charge in [-0.15, -0.1) is 11.8 Å². The lowest BCUT2D eigenvalue weighted by Crippen LogP contribution is -2.29. The van der Waals surface area contributed by atoms with Crippen molar-refractivity contribution in [3.05, 3.63) is 59.3 Å². The van der Waals surface area contributed by atoms with Crippen molar-refractivity contribution in [3.63, 3.8) is 0 Å². The van der Waals surface area contributed by atoms with Gasteiger partial charge in [0.15, 0.2) is 17.3 Å². The van der Waals surface area contributed by atoms with Crippen molar-refractivity contribution in [1.82, 2.24) is 0 Å². The number of anilines is 1. The Balaban J connectivity index is 1.93. The summed E-state index contributed by atoms with van der Waals surface area (Å²) in [5, 5.41) is 3.43. The summed E-state index contributed by atoms with van der Waals surface area (Å²) in [6, 6.07) is 14.1. The Labute approximate surface area is 170 Å². The monoisotopic (exact) mass is 395 g/mol. The molecule has 146 valence electrons. The fourth-order valence-electron chi connectivity index (χ4n) is 4.11. The van der Waals surface area contributed by atoms with E-state index >= 15 is 0 Å². The van der Waals surface area contributed by atoms with E-state index in [1.54, 1.807) is 26.0 Å². The van der Waals surface area contributed by atoms with Gasteiger partial charge in [-0.3, -0.25) is 4.79 Å². The Hall–Kier alpha value is -2.40. The molecular formula is C23H25NO3S. The molecule has 1 aliphatic carbocycles. The third-order valence-corrected chi connectivity index (χ3v) is 6.65. The van der Waals surface area contributed by atoms with E-state index in [-0.39, 0.29) is 16.4 Å². The lowest BCUT2D eigenvalue weighted by atomic mass is 9.74. The number of methoxy groups -OCH3 is 2. The minimum absolute atomic E-state index is 0.0596. The summed E-state index contributed by atoms with van der Waals surface area (Å²) in [7, 11) is 3.29. The molecular weight excluding hydrogens is 370 g/mol. The van der Waals surface area contributed by atoms with E-state index < -0.39 is 0 Å². The summed E-state index contributed by atoms with van der Waals surface area (Å²) in [5.74, 6) is 1.57. The Bertz CT molecular complexity index is 964. The normalized spacial score (nSPS) is 20.6. The van der Waals surface area contributed by atoms with Gasteiger partial charge in [-0.2, -0.15) is 0 Å². The van der Waals surface area contributed by atoms with Gasteiger partial charge in [0, 0.05) is 28.1 Å². The number of thioether (sulfide) groups is 1. The number of nitrogens with one attached hydrogen (secondary N) is 1. The van der Waals surface area contributed by atoms with Crippen LogP contribution in [0, 0.1) is 5.41 Å². The van der Waals surface area contributed by atoms with Gasteiger partial charge in [0.1, 0.15) is 0 Å². The van der Waals surface area contributed by atoms with Gasteiger partial charge in [-0.25, -0.2) is 0 Å². The van der Waals surface area contributed by atoms with E-state index in [0.717, 1.165) is 33.8 Å². The minimum atomic E-state index is -0.153. The van der Waals surface area contributed by atoms with Crippen LogP contribution >= 0.6 is 11.8 Å². The third-order valence-electron chi connectivity index (χ3n) is 5.32. The average Bonchev–Trinajstić information content (AvgIpc) is 2.82. The molecule has 5 heteroatoms. The first-order valence-corrected chi connectivity index (χ1v) is 10.3. The van der Waals surface area contributed by atoms with Crippen LogP contribution in [0.4, 0.5) is 5.69 Å². The van der Waals surface area contributed by atoms with Crippen LogP contribution in [0.5, 0.6) is 11.5 Å². The van der Waals surface area contributed by atoms with Crippen molar-refractivity contribution >= 4 is 23.2 Å². The maximum Gasteiger partial charge on any atom is 0.165 e.